The molecule has 0 aliphatic carbocycles. The molecule has 0 aromatic carbocycles. The Morgan fingerprint density at radius 1 is 1.50 bits per heavy atom. The zero-order valence-electron chi connectivity index (χ0n) is 9.35. The van der Waals surface area contributed by atoms with E-state index in [-0.39, 0.29) is 6.54 Å². The number of rotatable bonds is 5. The van der Waals surface area contributed by atoms with Crippen molar-refractivity contribution < 1.29 is 18.3 Å². The maximum Gasteiger partial charge on any atom is 0.322 e. The van der Waals surface area contributed by atoms with Crippen LogP contribution in [0, 0.1) is 0 Å². The average molecular weight is 250 g/mol. The normalized spacial score (nSPS) is 23.2. The van der Waals surface area contributed by atoms with Gasteiger partial charge in [-0.05, 0) is 25.7 Å². The summed E-state index contributed by atoms with van der Waals surface area (Å²) in [5.41, 5.74) is 0. The standard InChI is InChI=1S/C9H18N2O4S/c1-2-6-10-16(14,15)11-7-4-3-5-8(11)9(12)13/h8,10H,2-7H2,1H3,(H,12,13). The molecule has 16 heavy (non-hydrogen) atoms. The van der Waals surface area contributed by atoms with Crippen LogP contribution in [-0.2, 0) is 15.0 Å². The zero-order chi connectivity index (χ0) is 12.2. The van der Waals surface area contributed by atoms with Crippen LogP contribution in [0.15, 0.2) is 0 Å². The van der Waals surface area contributed by atoms with Gasteiger partial charge in [0.2, 0.25) is 0 Å². The van der Waals surface area contributed by atoms with E-state index in [9.17, 15) is 13.2 Å². The highest BCUT2D eigenvalue weighted by Crippen LogP contribution is 2.19. The monoisotopic (exact) mass is 250 g/mol. The van der Waals surface area contributed by atoms with Crippen LogP contribution in [-0.4, -0.2) is 42.9 Å². The van der Waals surface area contributed by atoms with Gasteiger partial charge in [0.05, 0.1) is 0 Å². The first kappa shape index (κ1) is 13.4. The van der Waals surface area contributed by atoms with E-state index < -0.39 is 22.2 Å². The van der Waals surface area contributed by atoms with Gasteiger partial charge in [0.15, 0.2) is 0 Å². The number of carboxylic acids is 1. The van der Waals surface area contributed by atoms with Crippen molar-refractivity contribution in [2.75, 3.05) is 13.1 Å². The smallest absolute Gasteiger partial charge is 0.322 e. The molecular weight excluding hydrogens is 232 g/mol. The van der Waals surface area contributed by atoms with Gasteiger partial charge in [-0.2, -0.15) is 12.7 Å². The van der Waals surface area contributed by atoms with Crippen molar-refractivity contribution in [1.82, 2.24) is 9.03 Å². The predicted octanol–water partition coefficient (Wildman–Crippen LogP) is 0.170. The predicted molar refractivity (Wildman–Crippen MR) is 59.2 cm³/mol. The molecule has 7 heteroatoms. The maximum absolute atomic E-state index is 11.8. The minimum Gasteiger partial charge on any atom is -0.480 e. The van der Waals surface area contributed by atoms with Crippen molar-refractivity contribution in [2.24, 2.45) is 0 Å². The number of aliphatic carboxylic acids is 1. The first-order chi connectivity index (χ1) is 7.49. The molecule has 0 aromatic rings. The molecule has 0 amide bonds. The second-order valence-corrected chi connectivity index (χ2v) is 5.57. The zero-order valence-corrected chi connectivity index (χ0v) is 10.2. The molecule has 6 nitrogen and oxygen atoms in total. The first-order valence-electron chi connectivity index (χ1n) is 5.48. The van der Waals surface area contributed by atoms with Crippen LogP contribution in [0.3, 0.4) is 0 Å². The third kappa shape index (κ3) is 3.16. The van der Waals surface area contributed by atoms with Gasteiger partial charge in [0.1, 0.15) is 6.04 Å². The van der Waals surface area contributed by atoms with Crippen molar-refractivity contribution >= 4 is 16.2 Å². The Kier molecular flexibility index (Phi) is 4.69. The first-order valence-corrected chi connectivity index (χ1v) is 6.92. The molecule has 2 N–H and O–H groups in total. The molecule has 1 rings (SSSR count). The van der Waals surface area contributed by atoms with Crippen LogP contribution < -0.4 is 4.72 Å². The van der Waals surface area contributed by atoms with Crippen LogP contribution in [0.25, 0.3) is 0 Å². The molecule has 0 aromatic heterocycles. The van der Waals surface area contributed by atoms with Gasteiger partial charge in [-0.15, -0.1) is 0 Å². The van der Waals surface area contributed by atoms with Crippen LogP contribution in [0.4, 0.5) is 0 Å². The fourth-order valence-corrected chi connectivity index (χ4v) is 3.28. The van der Waals surface area contributed by atoms with Gasteiger partial charge >= 0.3 is 5.97 Å². The number of hydrogen-bond acceptors (Lipinski definition) is 3. The lowest BCUT2D eigenvalue weighted by molar-refractivity contribution is -0.142. The van der Waals surface area contributed by atoms with Gasteiger partial charge in [0, 0.05) is 13.1 Å². The molecule has 94 valence electrons. The number of hydrogen-bond donors (Lipinski definition) is 2. The molecule has 0 bridgehead atoms. The Morgan fingerprint density at radius 2 is 2.19 bits per heavy atom. The summed E-state index contributed by atoms with van der Waals surface area (Å²) in [7, 11) is -3.64. The van der Waals surface area contributed by atoms with E-state index in [0.29, 0.717) is 19.4 Å². The fourth-order valence-electron chi connectivity index (χ4n) is 1.75. The molecule has 1 atom stereocenters. The molecular formula is C9H18N2O4S. The lowest BCUT2D eigenvalue weighted by Crippen LogP contribution is -2.52. The molecule has 1 saturated heterocycles. The summed E-state index contributed by atoms with van der Waals surface area (Å²) in [4.78, 5) is 11.0. The quantitative estimate of drug-likeness (QED) is 0.728. The summed E-state index contributed by atoms with van der Waals surface area (Å²) in [6, 6.07) is -0.914. The molecule has 1 fully saturated rings. The molecule has 0 spiro atoms. The van der Waals surface area contributed by atoms with Gasteiger partial charge in [-0.1, -0.05) is 6.92 Å². The third-order valence-electron chi connectivity index (χ3n) is 2.58. The number of piperidine rings is 1. The summed E-state index contributed by atoms with van der Waals surface area (Å²) in [6.45, 7) is 2.48. The van der Waals surface area contributed by atoms with E-state index in [1.165, 1.54) is 0 Å². The Morgan fingerprint density at radius 3 is 2.75 bits per heavy atom. The van der Waals surface area contributed by atoms with E-state index in [4.69, 9.17) is 5.11 Å². The Hall–Kier alpha value is -0.660. The number of nitrogens with zero attached hydrogens (tertiary/aromatic N) is 1. The molecule has 0 radical (unpaired) electrons. The average Bonchev–Trinajstić information content (AvgIpc) is 2.26. The van der Waals surface area contributed by atoms with Crippen molar-refractivity contribution in [3.05, 3.63) is 0 Å². The van der Waals surface area contributed by atoms with E-state index >= 15 is 0 Å². The molecule has 0 saturated carbocycles. The number of carbonyl (C=O) groups is 1. The van der Waals surface area contributed by atoms with Crippen molar-refractivity contribution in [3.63, 3.8) is 0 Å². The lowest BCUT2D eigenvalue weighted by atomic mass is 10.1. The van der Waals surface area contributed by atoms with Gasteiger partial charge < -0.3 is 5.11 Å². The Labute approximate surface area is 95.8 Å². The number of carboxylic acid groups (broad SMARTS) is 1. The maximum atomic E-state index is 11.8. The number of nitrogens with one attached hydrogen (secondary N) is 1. The summed E-state index contributed by atoms with van der Waals surface area (Å²) in [6.07, 6.45) is 2.56. The van der Waals surface area contributed by atoms with Crippen molar-refractivity contribution in [3.8, 4) is 0 Å². The lowest BCUT2D eigenvalue weighted by Gasteiger charge is -2.31. The summed E-state index contributed by atoms with van der Waals surface area (Å²) < 4.78 is 27.1. The topological polar surface area (TPSA) is 86.7 Å². The molecule has 1 unspecified atom stereocenters. The van der Waals surface area contributed by atoms with Gasteiger partial charge in [0.25, 0.3) is 10.2 Å². The Bertz CT molecular complexity index is 341. The highest BCUT2D eigenvalue weighted by atomic mass is 32.2. The molecule has 1 aliphatic heterocycles. The summed E-state index contributed by atoms with van der Waals surface area (Å²) >= 11 is 0. The SMILES string of the molecule is CCCNS(=O)(=O)N1CCCCC1C(=O)O. The van der Waals surface area contributed by atoms with Crippen LogP contribution in [0.5, 0.6) is 0 Å². The molecule has 1 aliphatic rings. The van der Waals surface area contributed by atoms with E-state index in [2.05, 4.69) is 4.72 Å². The van der Waals surface area contributed by atoms with E-state index in [1.807, 2.05) is 6.92 Å². The second kappa shape index (κ2) is 5.60. The van der Waals surface area contributed by atoms with Crippen LogP contribution in [0.2, 0.25) is 0 Å². The van der Waals surface area contributed by atoms with E-state index in [0.717, 1.165) is 17.1 Å². The van der Waals surface area contributed by atoms with Crippen LogP contribution >= 0.6 is 0 Å². The van der Waals surface area contributed by atoms with Gasteiger partial charge in [-0.25, -0.2) is 4.72 Å². The summed E-state index contributed by atoms with van der Waals surface area (Å²) in [5.74, 6) is -1.07. The third-order valence-corrected chi connectivity index (χ3v) is 4.21. The van der Waals surface area contributed by atoms with Gasteiger partial charge in [-0.3, -0.25) is 4.79 Å². The minimum atomic E-state index is -3.64. The molecule has 1 heterocycles. The second-order valence-electron chi connectivity index (χ2n) is 3.86. The summed E-state index contributed by atoms with van der Waals surface area (Å²) in [5, 5.41) is 8.96. The van der Waals surface area contributed by atoms with E-state index in [1.54, 1.807) is 0 Å². The van der Waals surface area contributed by atoms with Crippen molar-refractivity contribution in [2.45, 2.75) is 38.6 Å². The highest BCUT2D eigenvalue weighted by molar-refractivity contribution is 7.87. The van der Waals surface area contributed by atoms with Crippen molar-refractivity contribution in [1.29, 1.82) is 0 Å². The fraction of sp³-hybridized carbons (Fsp3) is 0.889. The van der Waals surface area contributed by atoms with Crippen LogP contribution in [0.1, 0.15) is 32.6 Å². The largest absolute Gasteiger partial charge is 0.480 e. The minimum absolute atomic E-state index is 0.288. The highest BCUT2D eigenvalue weighted by Gasteiger charge is 2.36. The Balaban J connectivity index is 2.78.